The molecular weight excluding hydrogens is 156 g/mol. The fraction of sp³-hybridized carbons (Fsp3) is 0. The first-order valence-electron chi connectivity index (χ1n) is 0.548. The Morgan fingerprint density at radius 1 is 1.25 bits per heavy atom. The molecule has 8 heteroatoms. The minimum Gasteiger partial charge on any atom is -0.870 e. The van der Waals surface area contributed by atoms with E-state index in [0.717, 1.165) is 0 Å². The molecule has 0 aromatic heterocycles. The van der Waals surface area contributed by atoms with Gasteiger partial charge in [-0.3, -0.25) is 0 Å². The Balaban J connectivity index is -0.00000000750. The van der Waals surface area contributed by atoms with Gasteiger partial charge < -0.3 is 26.3 Å². The van der Waals surface area contributed by atoms with Gasteiger partial charge in [0.15, 0.2) is 0 Å². The minimum atomic E-state index is -1.75. The van der Waals surface area contributed by atoms with Gasteiger partial charge in [0, 0.05) is 0 Å². The second-order valence-corrected chi connectivity index (χ2v) is 0.224. The molecule has 0 aliphatic rings. The summed E-state index contributed by atoms with van der Waals surface area (Å²) in [6, 6.07) is 0. The summed E-state index contributed by atoms with van der Waals surface area (Å²) < 4.78 is 0. The summed E-state index contributed by atoms with van der Waals surface area (Å²) in [7, 11) is 0. The van der Waals surface area contributed by atoms with Crippen molar-refractivity contribution < 1.29 is 97.0 Å². The predicted molar refractivity (Wildman–Crippen MR) is 15.9 cm³/mol. The third-order valence-electron chi connectivity index (χ3n) is 0. The Labute approximate surface area is 110 Å². The average Bonchev–Trinajstić information content (AvgIpc) is 0.811. The predicted octanol–water partition coefficient (Wildman–Crippen LogP) is -7.23. The molecule has 0 saturated heterocycles. The second kappa shape index (κ2) is 23.3. The molecular formula is H3KNNaO5. The molecule has 3 N–H and O–H groups in total. The zero-order chi connectivity index (χ0) is 3.58. The molecule has 0 saturated carbocycles. The third kappa shape index (κ3) is 115. The Kier molecular flexibility index (Phi) is 96.2. The monoisotopic (exact) mass is 159 g/mol. The summed E-state index contributed by atoms with van der Waals surface area (Å²) in [4.78, 5) is 8.25. The van der Waals surface area contributed by atoms with Crippen molar-refractivity contribution in [1.82, 2.24) is 0 Å². The van der Waals surface area contributed by atoms with Crippen molar-refractivity contribution in [2.45, 2.75) is 0 Å². The number of hydrogen-bond acceptors (Lipinski definition) is 4. The van der Waals surface area contributed by atoms with Crippen LogP contribution in [-0.2, 0) is 0 Å². The molecule has 6 nitrogen and oxygen atoms in total. The fourth-order valence-corrected chi connectivity index (χ4v) is 0. The maximum atomic E-state index is 8.25. The van der Waals surface area contributed by atoms with Crippen LogP contribution in [0.2, 0.25) is 0 Å². The molecule has 0 aromatic carbocycles. The van der Waals surface area contributed by atoms with Crippen LogP contribution in [0.25, 0.3) is 0 Å². The summed E-state index contributed by atoms with van der Waals surface area (Å²) in [6.07, 6.45) is 0. The van der Waals surface area contributed by atoms with Crippen LogP contribution in [0.5, 0.6) is 0 Å². The van der Waals surface area contributed by atoms with Crippen LogP contribution in [0.15, 0.2) is 0 Å². The van der Waals surface area contributed by atoms with E-state index in [2.05, 4.69) is 0 Å². The summed E-state index contributed by atoms with van der Waals surface area (Å²) in [5, 5.41) is 14.8. The van der Waals surface area contributed by atoms with Gasteiger partial charge in [-0.25, -0.2) is 0 Å². The van der Waals surface area contributed by atoms with E-state index in [1.54, 1.807) is 0 Å². The molecule has 40 valence electrons. The van der Waals surface area contributed by atoms with Crippen molar-refractivity contribution in [3.63, 3.8) is 0 Å². The van der Waals surface area contributed by atoms with Crippen molar-refractivity contribution >= 4 is 0 Å². The summed E-state index contributed by atoms with van der Waals surface area (Å²) >= 11 is 0. The quantitative estimate of drug-likeness (QED) is 0.197. The second-order valence-electron chi connectivity index (χ2n) is 0.224. The van der Waals surface area contributed by atoms with Crippen LogP contribution in [-0.4, -0.2) is 16.0 Å². The van der Waals surface area contributed by atoms with Crippen LogP contribution in [0, 0.1) is 15.3 Å². The van der Waals surface area contributed by atoms with Crippen molar-refractivity contribution in [1.29, 1.82) is 0 Å². The van der Waals surface area contributed by atoms with Crippen LogP contribution >= 0.6 is 0 Å². The Morgan fingerprint density at radius 2 is 1.25 bits per heavy atom. The molecule has 0 rings (SSSR count). The van der Waals surface area contributed by atoms with Crippen molar-refractivity contribution in [2.24, 2.45) is 0 Å². The Bertz CT molecular complexity index is 35.4. The van der Waals surface area contributed by atoms with Gasteiger partial charge in [0.1, 0.15) is 0 Å². The molecule has 0 amide bonds. The van der Waals surface area contributed by atoms with Gasteiger partial charge in [-0.1, -0.05) is 0 Å². The van der Waals surface area contributed by atoms with Gasteiger partial charge in [0.25, 0.3) is 0 Å². The first-order chi connectivity index (χ1) is 1.73. The van der Waals surface area contributed by atoms with E-state index in [1.165, 1.54) is 0 Å². The standard InChI is InChI=1S/K.NO3.Na.2H2O/c;2-1(3)4;;;/h;;;2*1H2/q+1;-1;+1;;/p-1. The van der Waals surface area contributed by atoms with Gasteiger partial charge in [-0.2, -0.15) is 0 Å². The molecule has 0 aliphatic heterocycles. The first kappa shape index (κ1) is 33.1. The van der Waals surface area contributed by atoms with Gasteiger partial charge in [-0.05, 0) is 0 Å². The average molecular weight is 159 g/mol. The Hall–Kier alpha value is 1.76. The summed E-state index contributed by atoms with van der Waals surface area (Å²) in [5.74, 6) is 0. The summed E-state index contributed by atoms with van der Waals surface area (Å²) in [5.41, 5.74) is 0. The van der Waals surface area contributed by atoms with Crippen molar-refractivity contribution in [2.75, 3.05) is 0 Å². The number of rotatable bonds is 0. The van der Waals surface area contributed by atoms with Crippen molar-refractivity contribution in [3.05, 3.63) is 15.3 Å². The minimum absolute atomic E-state index is 0. The molecule has 0 aliphatic carbocycles. The molecule has 0 atom stereocenters. The van der Waals surface area contributed by atoms with E-state index in [0.29, 0.717) is 0 Å². The zero-order valence-corrected chi connectivity index (χ0v) is 9.74. The van der Waals surface area contributed by atoms with Crippen LogP contribution < -0.4 is 80.9 Å². The molecule has 8 heavy (non-hydrogen) atoms. The number of hydrogen-bond donors (Lipinski definition) is 0. The van der Waals surface area contributed by atoms with Crippen LogP contribution in [0.4, 0.5) is 0 Å². The number of nitrogens with zero attached hydrogens (tertiary/aromatic N) is 1. The maximum Gasteiger partial charge on any atom is 1.00 e. The van der Waals surface area contributed by atoms with Gasteiger partial charge in [0.05, 0.1) is 5.09 Å². The van der Waals surface area contributed by atoms with Gasteiger partial charge >= 0.3 is 80.9 Å². The smallest absolute Gasteiger partial charge is 0.870 e. The molecule has 0 radical (unpaired) electrons. The van der Waals surface area contributed by atoms with E-state index in [9.17, 15) is 0 Å². The van der Waals surface area contributed by atoms with E-state index >= 15 is 0 Å². The van der Waals surface area contributed by atoms with E-state index < -0.39 is 5.09 Å². The maximum absolute atomic E-state index is 8.25. The SMILES string of the molecule is O.O=[N+]([O-])[O-].[K+].[Na+].[OH-]. The third-order valence-corrected chi connectivity index (χ3v) is 0. The molecule has 0 unspecified atom stereocenters. The molecule has 0 spiro atoms. The van der Waals surface area contributed by atoms with Crippen LogP contribution in [0.3, 0.4) is 0 Å². The molecule has 0 fully saturated rings. The van der Waals surface area contributed by atoms with E-state index in [-0.39, 0.29) is 91.9 Å². The largest absolute Gasteiger partial charge is 1.00 e. The van der Waals surface area contributed by atoms with Crippen molar-refractivity contribution in [3.8, 4) is 0 Å². The fourth-order valence-electron chi connectivity index (χ4n) is 0. The van der Waals surface area contributed by atoms with Gasteiger partial charge in [0.2, 0.25) is 0 Å². The normalized spacial score (nSPS) is 3.00. The van der Waals surface area contributed by atoms with Gasteiger partial charge in [-0.15, -0.1) is 0 Å². The molecule has 0 bridgehead atoms. The summed E-state index contributed by atoms with van der Waals surface area (Å²) in [6.45, 7) is 0. The molecule has 0 heterocycles. The molecule has 0 aromatic rings. The van der Waals surface area contributed by atoms with E-state index in [1.807, 2.05) is 0 Å². The van der Waals surface area contributed by atoms with Crippen LogP contribution in [0.1, 0.15) is 0 Å². The first-order valence-corrected chi connectivity index (χ1v) is 0.548. The van der Waals surface area contributed by atoms with E-state index in [4.69, 9.17) is 15.3 Å². The topological polar surface area (TPSA) is 128 Å². The zero-order valence-electron chi connectivity index (χ0n) is 4.62. The Morgan fingerprint density at radius 3 is 1.25 bits per heavy atom.